The molecule has 0 fully saturated rings. The Hall–Kier alpha value is -3.76. The average molecular weight is 456 g/mol. The number of ketones is 1. The Morgan fingerprint density at radius 2 is 2.00 bits per heavy atom. The fourth-order valence-corrected chi connectivity index (χ4v) is 5.24. The van der Waals surface area contributed by atoms with Crippen molar-refractivity contribution < 1.29 is 14.0 Å². The molecule has 1 amide bonds. The number of amides is 1. The van der Waals surface area contributed by atoms with E-state index in [0.29, 0.717) is 28.4 Å². The van der Waals surface area contributed by atoms with Gasteiger partial charge in [-0.25, -0.2) is 0 Å². The Bertz CT molecular complexity index is 1350. The molecule has 33 heavy (non-hydrogen) atoms. The van der Waals surface area contributed by atoms with Gasteiger partial charge in [0.05, 0.1) is 34.6 Å². The molecule has 0 saturated carbocycles. The smallest absolute Gasteiger partial charge is 0.234 e. The molecule has 1 aromatic heterocycles. The van der Waals surface area contributed by atoms with Crippen molar-refractivity contribution >= 4 is 39.9 Å². The maximum atomic E-state index is 12.7. The van der Waals surface area contributed by atoms with E-state index in [4.69, 9.17) is 4.42 Å². The number of carbonyl (C=O) groups is 2. The largest absolute Gasteiger partial charge is 0.468 e. The van der Waals surface area contributed by atoms with E-state index >= 15 is 0 Å². The quantitative estimate of drug-likeness (QED) is 0.547. The first-order valence-electron chi connectivity index (χ1n) is 10.8. The van der Waals surface area contributed by atoms with Crippen molar-refractivity contribution in [3.63, 3.8) is 0 Å². The van der Waals surface area contributed by atoms with E-state index in [1.807, 2.05) is 42.5 Å². The number of rotatable bonds is 5. The van der Waals surface area contributed by atoms with Gasteiger partial charge in [-0.05, 0) is 47.9 Å². The van der Waals surface area contributed by atoms with Crippen molar-refractivity contribution in [2.75, 3.05) is 11.1 Å². The summed E-state index contributed by atoms with van der Waals surface area (Å²) in [6.07, 6.45) is 3.50. The number of nitriles is 1. The highest BCUT2D eigenvalue weighted by molar-refractivity contribution is 8.03. The van der Waals surface area contributed by atoms with E-state index in [9.17, 15) is 14.9 Å². The first-order valence-corrected chi connectivity index (χ1v) is 11.7. The fourth-order valence-electron chi connectivity index (χ4n) is 4.38. The molecule has 1 aliphatic heterocycles. The molecule has 5 rings (SSSR count). The van der Waals surface area contributed by atoms with Crippen LogP contribution in [0.1, 0.15) is 30.9 Å². The normalized spacial score (nSPS) is 18.0. The molecule has 0 saturated heterocycles. The van der Waals surface area contributed by atoms with Crippen molar-refractivity contribution in [3.05, 3.63) is 88.5 Å². The van der Waals surface area contributed by atoms with Gasteiger partial charge < -0.3 is 15.1 Å². The van der Waals surface area contributed by atoms with Gasteiger partial charge >= 0.3 is 0 Å². The van der Waals surface area contributed by atoms with Gasteiger partial charge in [-0.2, -0.15) is 5.26 Å². The number of benzene rings is 2. The standard InChI is InChI=1S/C26H21N3O3S/c27-14-19-24(22-9-4-12-32-22)25-20(7-3-8-21(25)30)29-26(19)33-15-23(31)28-18-11-10-16-5-1-2-6-17(16)13-18/h1-2,4-6,9-13,24,29H,3,7-8,15H2,(H,28,31)/t24-/m0/s1. The van der Waals surface area contributed by atoms with E-state index in [-0.39, 0.29) is 17.4 Å². The molecule has 1 aliphatic carbocycles. The summed E-state index contributed by atoms with van der Waals surface area (Å²) in [6, 6.07) is 19.5. The predicted octanol–water partition coefficient (Wildman–Crippen LogP) is 5.23. The van der Waals surface area contributed by atoms with Gasteiger partial charge in [-0.1, -0.05) is 42.1 Å². The number of dihydropyridines is 1. The molecule has 0 unspecified atom stereocenters. The Balaban J connectivity index is 1.36. The molecule has 0 spiro atoms. The van der Waals surface area contributed by atoms with Gasteiger partial charge in [0.15, 0.2) is 5.78 Å². The third-order valence-corrected chi connectivity index (χ3v) is 6.89. The Kier molecular flexibility index (Phi) is 5.76. The number of nitrogens with one attached hydrogen (secondary N) is 2. The second kappa shape index (κ2) is 9.00. The predicted molar refractivity (Wildman–Crippen MR) is 128 cm³/mol. The molecule has 1 atom stereocenters. The first-order chi connectivity index (χ1) is 16.1. The molecular weight excluding hydrogens is 434 g/mol. The van der Waals surface area contributed by atoms with Crippen LogP contribution >= 0.6 is 11.8 Å². The zero-order valence-electron chi connectivity index (χ0n) is 17.8. The van der Waals surface area contributed by atoms with Crippen molar-refractivity contribution in [2.24, 2.45) is 0 Å². The Morgan fingerprint density at radius 3 is 2.79 bits per heavy atom. The lowest BCUT2D eigenvalue weighted by atomic mass is 9.79. The molecule has 2 N–H and O–H groups in total. The highest BCUT2D eigenvalue weighted by atomic mass is 32.2. The van der Waals surface area contributed by atoms with Crippen LogP contribution in [-0.2, 0) is 9.59 Å². The number of Topliss-reactive ketones (excluding diaryl/α,β-unsaturated/α-hetero) is 1. The maximum absolute atomic E-state index is 12.7. The van der Waals surface area contributed by atoms with Crippen LogP contribution in [0, 0.1) is 11.3 Å². The summed E-state index contributed by atoms with van der Waals surface area (Å²) in [5.41, 5.74) is 2.56. The molecule has 6 nitrogen and oxygen atoms in total. The summed E-state index contributed by atoms with van der Waals surface area (Å²) in [5, 5.41) is 18.9. The number of hydrogen-bond donors (Lipinski definition) is 2. The Morgan fingerprint density at radius 1 is 1.15 bits per heavy atom. The van der Waals surface area contributed by atoms with Crippen LogP contribution < -0.4 is 10.6 Å². The molecule has 0 bridgehead atoms. The zero-order valence-corrected chi connectivity index (χ0v) is 18.6. The number of allylic oxidation sites excluding steroid dienone is 3. The van der Waals surface area contributed by atoms with Crippen molar-refractivity contribution in [1.29, 1.82) is 5.26 Å². The van der Waals surface area contributed by atoms with Crippen LogP contribution in [0.25, 0.3) is 10.8 Å². The van der Waals surface area contributed by atoms with Crippen LogP contribution in [0.3, 0.4) is 0 Å². The summed E-state index contributed by atoms with van der Waals surface area (Å²) in [4.78, 5) is 25.4. The Labute approximate surface area is 195 Å². The lowest BCUT2D eigenvalue weighted by molar-refractivity contribution is -0.116. The summed E-state index contributed by atoms with van der Waals surface area (Å²) in [5.74, 6) is 0.0171. The minimum absolute atomic E-state index is 0.0380. The molecule has 164 valence electrons. The molecule has 2 heterocycles. The van der Waals surface area contributed by atoms with E-state index in [2.05, 4.69) is 16.7 Å². The third kappa shape index (κ3) is 4.18. The molecule has 3 aromatic rings. The minimum Gasteiger partial charge on any atom is -0.468 e. The third-order valence-electron chi connectivity index (χ3n) is 5.87. The van der Waals surface area contributed by atoms with Crippen LogP contribution in [0.2, 0.25) is 0 Å². The fraction of sp³-hybridized carbons (Fsp3) is 0.192. The van der Waals surface area contributed by atoms with E-state index in [1.54, 1.807) is 18.4 Å². The SMILES string of the molecule is N#CC1=C(SCC(=O)Nc2ccc3ccccc3c2)NC2=C(C(=O)CCC2)[C@@H]1c1ccco1. The number of thioether (sulfide) groups is 1. The highest BCUT2D eigenvalue weighted by Gasteiger charge is 2.38. The molecule has 0 radical (unpaired) electrons. The van der Waals surface area contributed by atoms with Gasteiger partial charge in [0, 0.05) is 23.4 Å². The molecule has 7 heteroatoms. The number of fused-ring (bicyclic) bond motifs is 1. The van der Waals surface area contributed by atoms with Gasteiger partial charge in [0.2, 0.25) is 5.91 Å². The minimum atomic E-state index is -0.542. The number of carbonyl (C=O) groups excluding carboxylic acids is 2. The molecule has 2 aromatic carbocycles. The van der Waals surface area contributed by atoms with Crippen LogP contribution in [0.5, 0.6) is 0 Å². The second-order valence-electron chi connectivity index (χ2n) is 8.00. The maximum Gasteiger partial charge on any atom is 0.234 e. The lowest BCUT2D eigenvalue weighted by Crippen LogP contribution is -2.31. The summed E-state index contributed by atoms with van der Waals surface area (Å²) in [6.45, 7) is 0. The monoisotopic (exact) mass is 455 g/mol. The van der Waals surface area contributed by atoms with Gasteiger partial charge in [0.25, 0.3) is 0 Å². The van der Waals surface area contributed by atoms with Crippen molar-refractivity contribution in [1.82, 2.24) is 5.32 Å². The van der Waals surface area contributed by atoms with Crippen LogP contribution in [0.15, 0.2) is 87.1 Å². The van der Waals surface area contributed by atoms with Crippen LogP contribution in [-0.4, -0.2) is 17.4 Å². The topological polar surface area (TPSA) is 95.1 Å². The van der Waals surface area contributed by atoms with E-state index < -0.39 is 5.92 Å². The van der Waals surface area contributed by atoms with Crippen molar-refractivity contribution in [2.45, 2.75) is 25.2 Å². The lowest BCUT2D eigenvalue weighted by Gasteiger charge is -2.32. The molecule has 2 aliphatic rings. The average Bonchev–Trinajstić information content (AvgIpc) is 3.36. The molecular formula is C26H21N3O3S. The summed E-state index contributed by atoms with van der Waals surface area (Å²) < 4.78 is 5.60. The van der Waals surface area contributed by atoms with Gasteiger partial charge in [-0.15, -0.1) is 0 Å². The van der Waals surface area contributed by atoms with E-state index in [1.165, 1.54) is 11.8 Å². The number of nitrogens with zero attached hydrogens (tertiary/aromatic N) is 1. The van der Waals surface area contributed by atoms with Gasteiger partial charge in [-0.3, -0.25) is 9.59 Å². The van der Waals surface area contributed by atoms with Crippen LogP contribution in [0.4, 0.5) is 5.69 Å². The number of hydrogen-bond acceptors (Lipinski definition) is 6. The number of anilines is 1. The van der Waals surface area contributed by atoms with E-state index in [0.717, 1.165) is 35.0 Å². The summed E-state index contributed by atoms with van der Waals surface area (Å²) >= 11 is 1.27. The van der Waals surface area contributed by atoms with Crippen molar-refractivity contribution in [3.8, 4) is 6.07 Å². The second-order valence-corrected chi connectivity index (χ2v) is 8.98. The first kappa shape index (κ1) is 21.1. The van der Waals surface area contributed by atoms with Gasteiger partial charge in [0.1, 0.15) is 5.76 Å². The zero-order chi connectivity index (χ0) is 22.8. The number of furan rings is 1. The summed E-state index contributed by atoms with van der Waals surface area (Å²) in [7, 11) is 0. The highest BCUT2D eigenvalue weighted by Crippen LogP contribution is 2.44.